The van der Waals surface area contributed by atoms with E-state index in [1.807, 2.05) is 11.3 Å². The van der Waals surface area contributed by atoms with Gasteiger partial charge in [-0.2, -0.15) is 0 Å². The van der Waals surface area contributed by atoms with Crippen LogP contribution in [0.1, 0.15) is 44.5 Å². The maximum absolute atomic E-state index is 6.99. The molecule has 0 saturated heterocycles. The molecule has 3 heterocycles. The molecule has 2 spiro atoms. The van der Waals surface area contributed by atoms with Crippen LogP contribution < -0.4 is 14.4 Å². The lowest BCUT2D eigenvalue weighted by Crippen LogP contribution is -2.32. The first-order valence-electron chi connectivity index (χ1n) is 24.7. The zero-order valence-electron chi connectivity index (χ0n) is 38.8. The first kappa shape index (κ1) is 39.8. The smallest absolute Gasteiger partial charge is 0.132 e. The van der Waals surface area contributed by atoms with Crippen molar-refractivity contribution in [3.05, 3.63) is 293 Å². The van der Waals surface area contributed by atoms with Gasteiger partial charge in [-0.1, -0.05) is 176 Å². The van der Waals surface area contributed by atoms with Gasteiger partial charge < -0.3 is 14.4 Å². The number of fused-ring (bicyclic) bond motifs is 21. The number of hydrogen-bond acceptors (Lipinski definition) is 4. The lowest BCUT2D eigenvalue weighted by molar-refractivity contribution is 0.436. The first-order chi connectivity index (χ1) is 35.7. The van der Waals surface area contributed by atoms with Crippen LogP contribution in [-0.2, 0) is 10.8 Å². The lowest BCUT2D eigenvalue weighted by atomic mass is 9.66. The molecule has 4 heteroatoms. The van der Waals surface area contributed by atoms with Crippen LogP contribution in [0, 0.1) is 0 Å². The summed E-state index contributed by atoms with van der Waals surface area (Å²) in [6, 6.07) is 91.4. The summed E-state index contributed by atoms with van der Waals surface area (Å²) >= 11 is 1.86. The molecule has 72 heavy (non-hydrogen) atoms. The van der Waals surface area contributed by atoms with E-state index >= 15 is 0 Å². The zero-order valence-corrected chi connectivity index (χ0v) is 39.7. The van der Waals surface area contributed by atoms with E-state index in [1.54, 1.807) is 0 Å². The summed E-state index contributed by atoms with van der Waals surface area (Å²) in [5.41, 5.74) is 18.7. The SMILES string of the molecule is c1cc(-c2cccc3sc4ccccc4c23)cc(N(c2ccc3c(c2)C2(c4ccccc4O3)c3ccccc3-c3ccccc32)c2ccc3c(c2)C2(c4ccccc4O3)c3ccccc3-c3ccccc32)c1. The van der Waals surface area contributed by atoms with E-state index in [-0.39, 0.29) is 0 Å². The summed E-state index contributed by atoms with van der Waals surface area (Å²) in [4.78, 5) is 2.46. The summed E-state index contributed by atoms with van der Waals surface area (Å²) in [5, 5.41) is 2.57. The van der Waals surface area contributed by atoms with E-state index in [2.05, 4.69) is 254 Å². The minimum Gasteiger partial charge on any atom is -0.457 e. The van der Waals surface area contributed by atoms with Crippen LogP contribution in [0.4, 0.5) is 17.1 Å². The van der Waals surface area contributed by atoms with Crippen molar-refractivity contribution in [2.75, 3.05) is 4.90 Å². The van der Waals surface area contributed by atoms with Crippen molar-refractivity contribution in [1.82, 2.24) is 0 Å². The Morgan fingerprint density at radius 2 is 0.694 bits per heavy atom. The molecule has 0 fully saturated rings. The van der Waals surface area contributed by atoms with E-state index in [0.29, 0.717) is 0 Å². The van der Waals surface area contributed by atoms with Gasteiger partial charge in [0.25, 0.3) is 0 Å². The van der Waals surface area contributed by atoms with E-state index < -0.39 is 10.8 Å². The monoisotopic (exact) mass is 935 g/mol. The van der Waals surface area contributed by atoms with Crippen LogP contribution in [0.15, 0.2) is 249 Å². The standard InChI is InChI=1S/C68H41NO2S/c1-6-25-52-47(19-1)48-20-2-7-26-53(48)67(52)56-29-10-12-31-60(56)70-62-37-35-44(40-58(62)67)69(43-18-15-17-42(39-43)46-24-16-34-65-66(46)51-23-5-14-33-64(51)72-65)45-36-38-63-59(41-45)68(57-30-11-13-32-61(57)71-63)54-27-8-3-21-49(54)50-22-4-9-28-55(50)68/h1-41H. The van der Waals surface area contributed by atoms with Crippen molar-refractivity contribution < 1.29 is 9.47 Å². The van der Waals surface area contributed by atoms with Crippen molar-refractivity contribution in [1.29, 1.82) is 0 Å². The normalized spacial score (nSPS) is 14.3. The van der Waals surface area contributed by atoms with Crippen molar-refractivity contribution in [3.8, 4) is 56.4 Å². The lowest BCUT2D eigenvalue weighted by Gasteiger charge is -2.41. The highest BCUT2D eigenvalue weighted by Crippen LogP contribution is 2.65. The van der Waals surface area contributed by atoms with Crippen molar-refractivity contribution in [3.63, 3.8) is 0 Å². The Bertz CT molecular complexity index is 3990. The van der Waals surface area contributed by atoms with Crippen molar-refractivity contribution >= 4 is 48.6 Å². The fourth-order valence-electron chi connectivity index (χ4n) is 13.2. The molecule has 0 bridgehead atoms. The second-order valence-electron chi connectivity index (χ2n) is 19.4. The molecule has 12 aromatic rings. The Hall–Kier alpha value is -8.96. The summed E-state index contributed by atoms with van der Waals surface area (Å²) in [5.74, 6) is 3.45. The Morgan fingerprint density at radius 1 is 0.292 bits per heavy atom. The summed E-state index contributed by atoms with van der Waals surface area (Å²) in [6.45, 7) is 0. The Balaban J connectivity index is 0.976. The van der Waals surface area contributed by atoms with Crippen LogP contribution in [0.25, 0.3) is 53.6 Å². The van der Waals surface area contributed by atoms with Crippen LogP contribution in [-0.4, -0.2) is 0 Å². The number of ether oxygens (including phenoxy) is 2. The van der Waals surface area contributed by atoms with Gasteiger partial charge in [-0.3, -0.25) is 0 Å². The molecule has 1 aromatic heterocycles. The number of rotatable bonds is 4. The van der Waals surface area contributed by atoms with Gasteiger partial charge in [-0.15, -0.1) is 11.3 Å². The van der Waals surface area contributed by atoms with Gasteiger partial charge in [-0.05, 0) is 128 Å². The molecule has 0 unspecified atom stereocenters. The molecule has 0 radical (unpaired) electrons. The summed E-state index contributed by atoms with van der Waals surface area (Å²) in [7, 11) is 0. The van der Waals surface area contributed by atoms with Gasteiger partial charge in [0.05, 0.1) is 10.8 Å². The van der Waals surface area contributed by atoms with E-state index in [9.17, 15) is 0 Å². The van der Waals surface area contributed by atoms with Crippen LogP contribution in [0.3, 0.4) is 0 Å². The Kier molecular flexibility index (Phi) is 8.18. The van der Waals surface area contributed by atoms with Gasteiger partial charge in [0.1, 0.15) is 23.0 Å². The zero-order chi connectivity index (χ0) is 47.1. The van der Waals surface area contributed by atoms with E-state index in [0.717, 1.165) is 67.9 Å². The average Bonchev–Trinajstić information content (AvgIpc) is 4.07. The summed E-state index contributed by atoms with van der Waals surface area (Å²) in [6.07, 6.45) is 0. The molecule has 11 aromatic carbocycles. The molecule has 3 nitrogen and oxygen atoms in total. The number of anilines is 3. The van der Waals surface area contributed by atoms with Gasteiger partial charge >= 0.3 is 0 Å². The van der Waals surface area contributed by atoms with Crippen molar-refractivity contribution in [2.45, 2.75) is 10.8 Å². The topological polar surface area (TPSA) is 21.7 Å². The third-order valence-corrected chi connectivity index (χ3v) is 17.1. The van der Waals surface area contributed by atoms with E-state index in [4.69, 9.17) is 9.47 Å². The van der Waals surface area contributed by atoms with Gasteiger partial charge in [0, 0.05) is 59.5 Å². The highest BCUT2D eigenvalue weighted by Gasteiger charge is 2.53. The maximum Gasteiger partial charge on any atom is 0.132 e. The minimum atomic E-state index is -0.634. The highest BCUT2D eigenvalue weighted by molar-refractivity contribution is 7.25. The number of thiophene rings is 1. The second-order valence-corrected chi connectivity index (χ2v) is 20.5. The van der Waals surface area contributed by atoms with Crippen LogP contribution in [0.2, 0.25) is 0 Å². The molecule has 16 rings (SSSR count). The fraction of sp³-hybridized carbons (Fsp3) is 0.0294. The van der Waals surface area contributed by atoms with Crippen LogP contribution in [0.5, 0.6) is 23.0 Å². The van der Waals surface area contributed by atoms with Gasteiger partial charge in [0.15, 0.2) is 0 Å². The molecule has 0 N–H and O–H groups in total. The number of hydrogen-bond donors (Lipinski definition) is 0. The van der Waals surface area contributed by atoms with Crippen molar-refractivity contribution in [2.24, 2.45) is 0 Å². The molecule has 336 valence electrons. The average molecular weight is 936 g/mol. The van der Waals surface area contributed by atoms with Gasteiger partial charge in [0.2, 0.25) is 0 Å². The largest absolute Gasteiger partial charge is 0.457 e. The quantitative estimate of drug-likeness (QED) is 0.176. The fourth-order valence-corrected chi connectivity index (χ4v) is 14.4. The number of para-hydroxylation sites is 2. The summed E-state index contributed by atoms with van der Waals surface area (Å²) < 4.78 is 16.6. The molecule has 0 atom stereocenters. The highest BCUT2D eigenvalue weighted by atomic mass is 32.1. The molecule has 0 saturated carbocycles. The third kappa shape index (κ3) is 5.18. The molecule has 4 aliphatic rings. The molecule has 2 aliphatic heterocycles. The number of nitrogens with zero attached hydrogens (tertiary/aromatic N) is 1. The predicted octanol–water partition coefficient (Wildman–Crippen LogP) is 18.1. The molecular formula is C68H41NO2S. The second kappa shape index (κ2) is 14.8. The molecule has 0 amide bonds. The van der Waals surface area contributed by atoms with Gasteiger partial charge in [-0.25, -0.2) is 0 Å². The predicted molar refractivity (Wildman–Crippen MR) is 294 cm³/mol. The molecule has 2 aliphatic carbocycles. The van der Waals surface area contributed by atoms with E-state index in [1.165, 1.54) is 70.2 Å². The molecular weight excluding hydrogens is 895 g/mol. The Labute approximate surface area is 421 Å². The maximum atomic E-state index is 6.99. The third-order valence-electron chi connectivity index (χ3n) is 16.0. The van der Waals surface area contributed by atoms with Crippen LogP contribution >= 0.6 is 11.3 Å². The first-order valence-corrected chi connectivity index (χ1v) is 25.5. The Morgan fingerprint density at radius 3 is 1.24 bits per heavy atom. The minimum absolute atomic E-state index is 0.634. The number of benzene rings is 11.